The van der Waals surface area contributed by atoms with Crippen LogP contribution in [0.25, 0.3) is 0 Å². The maximum Gasteiger partial charge on any atom is 0.429 e. The zero-order chi connectivity index (χ0) is 16.5. The van der Waals surface area contributed by atoms with Gasteiger partial charge in [0.15, 0.2) is 0 Å². The van der Waals surface area contributed by atoms with Crippen molar-refractivity contribution in [3.63, 3.8) is 0 Å². The summed E-state index contributed by atoms with van der Waals surface area (Å²) < 4.78 is 44.9. The molecule has 0 saturated carbocycles. The van der Waals surface area contributed by atoms with E-state index in [1.807, 2.05) is 0 Å². The van der Waals surface area contributed by atoms with Crippen molar-refractivity contribution in [1.82, 2.24) is 9.97 Å². The maximum absolute atomic E-state index is 13.3. The molecule has 1 aromatic heterocycles. The topological polar surface area (TPSA) is 61.0 Å². The summed E-state index contributed by atoms with van der Waals surface area (Å²) in [5.74, 6) is -0.680. The summed E-state index contributed by atoms with van der Waals surface area (Å²) in [6, 6.07) is 4.91. The molecule has 2 N–H and O–H groups in total. The predicted molar refractivity (Wildman–Crippen MR) is 80.0 cm³/mol. The van der Waals surface area contributed by atoms with Gasteiger partial charge >= 0.3 is 6.18 Å². The van der Waals surface area contributed by atoms with Gasteiger partial charge in [0, 0.05) is 21.1 Å². The highest BCUT2D eigenvalue weighted by molar-refractivity contribution is 9.10. The number of aromatic nitrogens is 2. The lowest BCUT2D eigenvalue weighted by Crippen LogP contribution is -2.27. The van der Waals surface area contributed by atoms with Gasteiger partial charge in [-0.05, 0) is 12.1 Å². The Morgan fingerprint density at radius 3 is 2.41 bits per heavy atom. The number of nitrogens with zero attached hydrogens (tertiary/aromatic N) is 2. The first kappa shape index (κ1) is 17.1. The highest BCUT2D eigenvalue weighted by Gasteiger charge is 2.44. The van der Waals surface area contributed by atoms with Crippen molar-refractivity contribution >= 4 is 45.1 Å². The van der Waals surface area contributed by atoms with Gasteiger partial charge in [0.25, 0.3) is 0 Å². The molecular formula is C12H7BrCl2F3N3O. The second-order valence-electron chi connectivity index (χ2n) is 4.09. The van der Waals surface area contributed by atoms with Crippen molar-refractivity contribution in [2.75, 3.05) is 5.73 Å². The Bertz CT molecular complexity index is 680. The molecule has 10 heteroatoms. The van der Waals surface area contributed by atoms with Crippen molar-refractivity contribution in [3.05, 3.63) is 44.5 Å². The fraction of sp³-hybridized carbons (Fsp3) is 0.167. The minimum atomic E-state index is -4.69. The van der Waals surface area contributed by atoms with Crippen LogP contribution in [0.2, 0.25) is 10.2 Å². The van der Waals surface area contributed by atoms with Gasteiger partial charge in [-0.25, -0.2) is 4.98 Å². The van der Waals surface area contributed by atoms with Crippen LogP contribution in [-0.4, -0.2) is 16.1 Å². The van der Waals surface area contributed by atoms with Gasteiger partial charge in [-0.1, -0.05) is 45.2 Å². The minimum absolute atomic E-state index is 0.126. The number of nitrogens with two attached hydrogens (primary N) is 1. The molecule has 2 rings (SSSR count). The minimum Gasteiger partial charge on any atom is -0.459 e. The summed E-state index contributed by atoms with van der Waals surface area (Å²) in [5, 5.41) is 0.157. The number of benzene rings is 1. The van der Waals surface area contributed by atoms with E-state index in [-0.39, 0.29) is 32.0 Å². The first-order chi connectivity index (χ1) is 10.2. The molecule has 4 nitrogen and oxygen atoms in total. The third-order valence-corrected chi connectivity index (χ3v) is 3.59. The molecule has 0 fully saturated rings. The molecule has 22 heavy (non-hydrogen) atoms. The number of anilines is 1. The standard InChI is InChI=1S/C12H7BrCl2F3N3O/c13-7-3-5(14)1-2-6(7)10(12(16,17)18)22-9-4-8(15)20-11(19)21-9/h1-4,10H,(H2,19,20,21)/t10-/m1/s1. The third-order valence-electron chi connectivity index (χ3n) is 2.47. The van der Waals surface area contributed by atoms with Crippen LogP contribution in [0.1, 0.15) is 11.7 Å². The number of rotatable bonds is 3. The van der Waals surface area contributed by atoms with Gasteiger partial charge in [0.2, 0.25) is 17.9 Å². The van der Waals surface area contributed by atoms with Crippen molar-refractivity contribution in [3.8, 4) is 5.88 Å². The molecule has 0 spiro atoms. The summed E-state index contributed by atoms with van der Waals surface area (Å²) in [6.07, 6.45) is -6.97. The summed E-state index contributed by atoms with van der Waals surface area (Å²) >= 11 is 14.4. The monoisotopic (exact) mass is 415 g/mol. The average Bonchev–Trinajstić information content (AvgIpc) is 2.34. The smallest absolute Gasteiger partial charge is 0.429 e. The number of ether oxygens (including phenoxy) is 1. The molecule has 118 valence electrons. The number of halogens is 6. The van der Waals surface area contributed by atoms with Crippen LogP contribution in [0, 0.1) is 0 Å². The van der Waals surface area contributed by atoms with E-state index in [1.54, 1.807) is 0 Å². The summed E-state index contributed by atoms with van der Waals surface area (Å²) in [6.45, 7) is 0. The van der Waals surface area contributed by atoms with Gasteiger partial charge in [-0.3, -0.25) is 0 Å². The van der Waals surface area contributed by atoms with E-state index in [1.165, 1.54) is 18.2 Å². The van der Waals surface area contributed by atoms with Crippen molar-refractivity contribution in [1.29, 1.82) is 0 Å². The van der Waals surface area contributed by atoms with Crippen LogP contribution >= 0.6 is 39.1 Å². The lowest BCUT2D eigenvalue weighted by Gasteiger charge is -2.22. The Hall–Kier alpha value is -1.25. The maximum atomic E-state index is 13.3. The van der Waals surface area contributed by atoms with Crippen LogP contribution in [0.15, 0.2) is 28.7 Å². The largest absolute Gasteiger partial charge is 0.459 e. The molecule has 0 radical (unpaired) electrons. The molecule has 1 aromatic carbocycles. The van der Waals surface area contributed by atoms with E-state index in [4.69, 9.17) is 33.7 Å². The van der Waals surface area contributed by atoms with E-state index in [9.17, 15) is 13.2 Å². The Morgan fingerprint density at radius 2 is 1.86 bits per heavy atom. The number of hydrogen-bond donors (Lipinski definition) is 1. The van der Waals surface area contributed by atoms with Gasteiger partial charge in [-0.15, -0.1) is 0 Å². The van der Waals surface area contributed by atoms with Crippen molar-refractivity contribution in [2.24, 2.45) is 0 Å². The van der Waals surface area contributed by atoms with Crippen molar-refractivity contribution < 1.29 is 17.9 Å². The normalized spacial score (nSPS) is 13.0. The Morgan fingerprint density at radius 1 is 1.18 bits per heavy atom. The Kier molecular flexibility index (Phi) is 5.03. The van der Waals surface area contributed by atoms with E-state index >= 15 is 0 Å². The van der Waals surface area contributed by atoms with Crippen LogP contribution in [0.5, 0.6) is 5.88 Å². The zero-order valence-electron chi connectivity index (χ0n) is 10.5. The zero-order valence-corrected chi connectivity index (χ0v) is 13.6. The molecule has 1 atom stereocenters. The molecule has 0 aliphatic carbocycles. The van der Waals surface area contributed by atoms with Gasteiger partial charge in [0.05, 0.1) is 0 Å². The van der Waals surface area contributed by atoms with E-state index in [0.29, 0.717) is 0 Å². The van der Waals surface area contributed by atoms with E-state index in [0.717, 1.165) is 6.07 Å². The number of hydrogen-bond acceptors (Lipinski definition) is 4. The second kappa shape index (κ2) is 6.47. The Labute approximate surface area is 141 Å². The second-order valence-corrected chi connectivity index (χ2v) is 5.77. The molecule has 0 saturated heterocycles. The van der Waals surface area contributed by atoms with Gasteiger partial charge in [0.1, 0.15) is 5.15 Å². The quantitative estimate of drug-likeness (QED) is 0.729. The molecule has 1 heterocycles. The van der Waals surface area contributed by atoms with Gasteiger partial charge < -0.3 is 10.5 Å². The Balaban J connectivity index is 2.43. The molecule has 2 aromatic rings. The van der Waals surface area contributed by atoms with Gasteiger partial charge in [-0.2, -0.15) is 18.2 Å². The van der Waals surface area contributed by atoms with E-state index < -0.39 is 12.3 Å². The third kappa shape index (κ3) is 4.15. The highest BCUT2D eigenvalue weighted by Crippen LogP contribution is 2.40. The van der Waals surface area contributed by atoms with Crippen LogP contribution in [-0.2, 0) is 0 Å². The predicted octanol–water partition coefficient (Wildman–Crippen LogP) is 4.81. The van der Waals surface area contributed by atoms with Crippen molar-refractivity contribution in [2.45, 2.75) is 12.3 Å². The molecule has 0 amide bonds. The van der Waals surface area contributed by atoms with Crippen LogP contribution in [0.4, 0.5) is 19.1 Å². The average molecular weight is 417 g/mol. The SMILES string of the molecule is Nc1nc(Cl)cc(O[C@H](c2ccc(Cl)cc2Br)C(F)(F)F)n1. The number of alkyl halides is 3. The summed E-state index contributed by atoms with van der Waals surface area (Å²) in [4.78, 5) is 7.13. The number of nitrogen functional groups attached to an aromatic ring is 1. The first-order valence-electron chi connectivity index (χ1n) is 5.65. The lowest BCUT2D eigenvalue weighted by atomic mass is 10.1. The molecular weight excluding hydrogens is 410 g/mol. The fourth-order valence-electron chi connectivity index (χ4n) is 1.62. The first-order valence-corrected chi connectivity index (χ1v) is 7.20. The molecule has 0 aliphatic rings. The van der Waals surface area contributed by atoms with Crippen LogP contribution < -0.4 is 10.5 Å². The molecule has 0 bridgehead atoms. The summed E-state index contributed by atoms with van der Waals surface area (Å²) in [5.41, 5.74) is 5.18. The highest BCUT2D eigenvalue weighted by atomic mass is 79.9. The summed E-state index contributed by atoms with van der Waals surface area (Å²) in [7, 11) is 0. The molecule has 0 unspecified atom stereocenters. The lowest BCUT2D eigenvalue weighted by molar-refractivity contribution is -0.198. The van der Waals surface area contributed by atoms with E-state index in [2.05, 4.69) is 25.9 Å². The van der Waals surface area contributed by atoms with Crippen LogP contribution in [0.3, 0.4) is 0 Å². The fourth-order valence-corrected chi connectivity index (χ4v) is 2.69. The molecule has 0 aliphatic heterocycles.